The van der Waals surface area contributed by atoms with Crippen molar-refractivity contribution >= 4 is 76.4 Å². The molecule has 5 aromatic rings. The number of nitrogens with one attached hydrogen (secondary N) is 1. The Balaban J connectivity index is 1.26. The number of benzene rings is 5. The zero-order chi connectivity index (χ0) is 42.7. The van der Waals surface area contributed by atoms with Gasteiger partial charge in [-0.15, -0.1) is 0 Å². The number of carboxylic acids is 1. The first-order valence-corrected chi connectivity index (χ1v) is 21.8. The van der Waals surface area contributed by atoms with Gasteiger partial charge < -0.3 is 15.3 Å². The number of hydrogen-bond donors (Lipinski definition) is 4. The third-order valence-corrected chi connectivity index (χ3v) is 12.9. The van der Waals surface area contributed by atoms with Gasteiger partial charge in [0.1, 0.15) is 0 Å². The van der Waals surface area contributed by atoms with Crippen molar-refractivity contribution in [3.63, 3.8) is 0 Å². The van der Waals surface area contributed by atoms with Crippen LogP contribution in [0.4, 0.5) is 17.1 Å². The first-order valence-electron chi connectivity index (χ1n) is 18.9. The van der Waals surface area contributed by atoms with Gasteiger partial charge in [-0.05, 0) is 124 Å². The van der Waals surface area contributed by atoms with Gasteiger partial charge in [0.25, 0.3) is 20.2 Å². The number of amides is 1. The largest absolute Gasteiger partial charge is 0.478 e. The lowest BCUT2D eigenvalue weighted by molar-refractivity contribution is -0.116. The van der Waals surface area contributed by atoms with Gasteiger partial charge >= 0.3 is 5.97 Å². The van der Waals surface area contributed by atoms with Crippen LogP contribution in [0.2, 0.25) is 0 Å². The highest BCUT2D eigenvalue weighted by Gasteiger charge is 2.41. The van der Waals surface area contributed by atoms with Gasteiger partial charge in [0, 0.05) is 40.9 Å². The lowest BCUT2D eigenvalue weighted by atomic mass is 9.79. The van der Waals surface area contributed by atoms with Gasteiger partial charge in [0.05, 0.1) is 26.8 Å². The van der Waals surface area contributed by atoms with E-state index in [1.165, 1.54) is 48.5 Å². The quantitative estimate of drug-likeness (QED) is 0.0737. The highest BCUT2D eigenvalue weighted by Crippen LogP contribution is 2.51. The maximum atomic E-state index is 13.3. The first-order chi connectivity index (χ1) is 27.7. The average Bonchev–Trinajstić information content (AvgIpc) is 3.57. The summed E-state index contributed by atoms with van der Waals surface area (Å²) in [6.45, 7) is 10.7. The molecule has 0 unspecified atom stereocenters. The van der Waals surface area contributed by atoms with Crippen LogP contribution in [0.15, 0.2) is 135 Å². The van der Waals surface area contributed by atoms with E-state index in [0.29, 0.717) is 40.8 Å². The summed E-state index contributed by atoms with van der Waals surface area (Å²) in [5.41, 5.74) is 4.98. The highest BCUT2D eigenvalue weighted by molar-refractivity contribution is 7.86. The molecule has 2 aliphatic rings. The number of aromatic carboxylic acids is 1. The molecule has 0 atom stereocenters. The fourth-order valence-corrected chi connectivity index (χ4v) is 9.19. The van der Waals surface area contributed by atoms with Crippen LogP contribution in [0.5, 0.6) is 0 Å². The Morgan fingerprint density at radius 1 is 0.763 bits per heavy atom. The number of allylic oxidation sites excluding steroid dienone is 6. The number of carbonyl (C=O) groups is 2. The molecule has 0 fully saturated rings. The summed E-state index contributed by atoms with van der Waals surface area (Å²) in [6, 6.07) is 22.6. The summed E-state index contributed by atoms with van der Waals surface area (Å²) >= 11 is 0. The number of hydrogen-bond acceptors (Lipinski definition) is 8. The lowest BCUT2D eigenvalue weighted by Gasteiger charge is -2.26. The molecule has 0 saturated heterocycles. The molecule has 7 rings (SSSR count). The van der Waals surface area contributed by atoms with Crippen LogP contribution in [-0.2, 0) is 35.9 Å². The predicted octanol–water partition coefficient (Wildman–Crippen LogP) is 9.15. The molecule has 5 aromatic carbocycles. The van der Waals surface area contributed by atoms with Crippen molar-refractivity contribution in [1.29, 1.82) is 0 Å². The number of carbonyl (C=O) groups excluding carboxylic acids is 1. The summed E-state index contributed by atoms with van der Waals surface area (Å²) in [4.78, 5) is 31.3. The zero-order valence-corrected chi connectivity index (χ0v) is 34.6. The van der Waals surface area contributed by atoms with Gasteiger partial charge in [0.15, 0.2) is 0 Å². The van der Waals surface area contributed by atoms with E-state index >= 15 is 0 Å². The molecule has 0 radical (unpaired) electrons. The van der Waals surface area contributed by atoms with E-state index in [1.54, 1.807) is 12.1 Å². The van der Waals surface area contributed by atoms with Gasteiger partial charge in [-0.3, -0.25) is 18.9 Å². The van der Waals surface area contributed by atoms with Crippen LogP contribution in [0.1, 0.15) is 68.9 Å². The minimum atomic E-state index is -4.45. The Kier molecular flexibility index (Phi) is 10.5. The van der Waals surface area contributed by atoms with E-state index in [1.807, 2.05) is 69.3 Å². The molecule has 0 saturated carbocycles. The fraction of sp³-hybridized carbons (Fsp3) is 0.222. The Labute approximate surface area is 342 Å². The predicted molar refractivity (Wildman–Crippen MR) is 230 cm³/mol. The molecule has 14 heteroatoms. The molecule has 0 aromatic heterocycles. The molecule has 1 amide bonds. The molecule has 304 valence electrons. The van der Waals surface area contributed by atoms with Crippen LogP contribution in [0.25, 0.3) is 21.5 Å². The second-order valence-electron chi connectivity index (χ2n) is 15.7. The van der Waals surface area contributed by atoms with Gasteiger partial charge in [-0.25, -0.2) is 4.79 Å². The van der Waals surface area contributed by atoms with E-state index in [4.69, 9.17) is 4.99 Å². The second kappa shape index (κ2) is 15.0. The first kappa shape index (κ1) is 41.2. The highest BCUT2D eigenvalue weighted by atomic mass is 32.2. The molecule has 0 spiro atoms. The van der Waals surface area contributed by atoms with Crippen molar-refractivity contribution in [3.05, 3.63) is 137 Å². The van der Waals surface area contributed by atoms with E-state index < -0.39 is 37.0 Å². The van der Waals surface area contributed by atoms with Crippen LogP contribution >= 0.6 is 0 Å². The number of likely N-dealkylation sites (N-methyl/N-ethyl adjacent to an activating group) is 1. The summed E-state index contributed by atoms with van der Waals surface area (Å²) < 4.78 is 68.1. The Bertz CT molecular complexity index is 2940. The summed E-state index contributed by atoms with van der Waals surface area (Å²) in [7, 11) is -8.89. The molecular formula is C45H43N3O9S2. The monoisotopic (exact) mass is 833 g/mol. The molecule has 12 nitrogen and oxygen atoms in total. The smallest absolute Gasteiger partial charge is 0.335 e. The van der Waals surface area contributed by atoms with Crippen molar-refractivity contribution in [1.82, 2.24) is 0 Å². The summed E-state index contributed by atoms with van der Waals surface area (Å²) in [5.74, 6) is -1.35. The minimum absolute atomic E-state index is 0.0866. The van der Waals surface area contributed by atoms with Crippen LogP contribution < -0.4 is 10.2 Å². The third-order valence-electron chi connectivity index (χ3n) is 11.2. The molecule has 59 heavy (non-hydrogen) atoms. The average molecular weight is 834 g/mol. The van der Waals surface area contributed by atoms with Crippen LogP contribution in [0.3, 0.4) is 0 Å². The normalized spacial score (nSPS) is 16.8. The maximum absolute atomic E-state index is 13.3. The third kappa shape index (κ3) is 7.84. The summed E-state index contributed by atoms with van der Waals surface area (Å²) in [5, 5.41) is 15.1. The number of rotatable bonds is 11. The number of anilines is 2. The number of nitrogens with zero attached hydrogens (tertiary/aromatic N) is 2. The molecule has 4 N–H and O–H groups in total. The van der Waals surface area contributed by atoms with Gasteiger partial charge in [-0.2, -0.15) is 16.8 Å². The number of carboxylic acid groups (broad SMARTS) is 1. The number of aliphatic imine (C=N–C) groups is 1. The van der Waals surface area contributed by atoms with E-state index in [9.17, 15) is 40.6 Å². The number of fused-ring (bicyclic) bond motifs is 6. The van der Waals surface area contributed by atoms with Crippen molar-refractivity contribution in [2.75, 3.05) is 16.8 Å². The van der Waals surface area contributed by atoms with E-state index in [2.05, 4.69) is 24.1 Å². The molecule has 0 aliphatic carbocycles. The second-order valence-corrected chi connectivity index (χ2v) is 18.5. The van der Waals surface area contributed by atoms with Crippen molar-refractivity contribution in [2.24, 2.45) is 4.99 Å². The standard InChI is InChI=1S/C45H43N3O9S2/c1-6-48-37-21-15-29-13-19-33(59(55,56)57)26-35(29)42(37)45(4,5)39(48)23-8-27(9-24-40(49)46-31-16-10-30(11-17-31)43(50)51)7-22-38-44(2,3)41-34-25-32(58(52,53)54)18-12-28(34)14-20-36(41)47-38/h7-8,10-23,25-26H,6,9,24H2,1-5H3,(H,46,49)(H,50,51)(H,52,53,54)(H,55,56,57)/b22-7+,27-8-,39-23+. The Morgan fingerprint density at radius 3 is 1.92 bits per heavy atom. The van der Waals surface area contributed by atoms with Crippen molar-refractivity contribution in [3.8, 4) is 0 Å². The SMILES string of the molecule is CCN1/C(=C/C=C(/C=C/C2=Nc3ccc4ccc(S(=O)(=O)O)cc4c3C2(C)C)CCC(=O)Nc2ccc(C(=O)O)cc2)C(C)(C)c2c1ccc1ccc(S(=O)(=O)O)cc21. The minimum Gasteiger partial charge on any atom is -0.478 e. The van der Waals surface area contributed by atoms with E-state index in [-0.39, 0.29) is 27.7 Å². The summed E-state index contributed by atoms with van der Waals surface area (Å²) in [6.07, 6.45) is 8.15. The molecular weight excluding hydrogens is 791 g/mol. The van der Waals surface area contributed by atoms with Crippen LogP contribution in [0, 0.1) is 0 Å². The van der Waals surface area contributed by atoms with E-state index in [0.717, 1.165) is 38.9 Å². The van der Waals surface area contributed by atoms with Crippen molar-refractivity contribution in [2.45, 2.75) is 68.1 Å². The fourth-order valence-electron chi connectivity index (χ4n) is 8.18. The zero-order valence-electron chi connectivity index (χ0n) is 33.0. The molecule has 2 heterocycles. The molecule has 2 aliphatic heterocycles. The lowest BCUT2D eigenvalue weighted by Crippen LogP contribution is -2.25. The Hall–Kier alpha value is -5.93. The molecule has 0 bridgehead atoms. The maximum Gasteiger partial charge on any atom is 0.335 e. The van der Waals surface area contributed by atoms with Crippen molar-refractivity contribution < 1.29 is 40.6 Å². The van der Waals surface area contributed by atoms with Crippen LogP contribution in [-0.4, -0.2) is 55.2 Å². The Morgan fingerprint density at radius 2 is 1.34 bits per heavy atom. The van der Waals surface area contributed by atoms with Gasteiger partial charge in [-0.1, -0.05) is 64.1 Å². The topological polar surface area (TPSA) is 191 Å². The van der Waals surface area contributed by atoms with Gasteiger partial charge in [0.2, 0.25) is 5.91 Å².